The van der Waals surface area contributed by atoms with E-state index in [1.165, 1.54) is 58.0 Å². The summed E-state index contributed by atoms with van der Waals surface area (Å²) in [4.78, 5) is 0. The van der Waals surface area contributed by atoms with E-state index >= 15 is 0 Å². The van der Waals surface area contributed by atoms with Crippen molar-refractivity contribution in [3.8, 4) is 0 Å². The van der Waals surface area contributed by atoms with Crippen molar-refractivity contribution < 1.29 is 9.47 Å². The van der Waals surface area contributed by atoms with Crippen LogP contribution in [0.25, 0.3) is 0 Å². The van der Waals surface area contributed by atoms with E-state index in [9.17, 15) is 0 Å². The molecule has 0 aliphatic carbocycles. The van der Waals surface area contributed by atoms with Gasteiger partial charge in [-0.2, -0.15) is 0 Å². The molecule has 0 N–H and O–H groups in total. The summed E-state index contributed by atoms with van der Waals surface area (Å²) in [5.74, 6) is 0. The topological polar surface area (TPSA) is 24.9 Å². The molecule has 0 bridgehead atoms. The Bertz CT molecular complexity index is 257. The maximum absolute atomic E-state index is 5.82. The Hall–Kier alpha value is 0.190. The highest BCUT2D eigenvalue weighted by Gasteiger charge is 2.26. The molecule has 20 heavy (non-hydrogen) atoms. The van der Waals surface area contributed by atoms with E-state index in [-0.39, 0.29) is 0 Å². The van der Waals surface area contributed by atoms with E-state index in [1.807, 2.05) is 12.1 Å². The lowest BCUT2D eigenvalue weighted by Gasteiger charge is -2.33. The number of hydrogen-bond acceptors (Lipinski definition) is 5. The summed E-state index contributed by atoms with van der Waals surface area (Å²) in [6.07, 6.45) is 9.88. The molecule has 3 aliphatic rings. The molecule has 0 amide bonds. The average molecular weight is 300 g/mol. The van der Waals surface area contributed by atoms with Gasteiger partial charge in [-0.25, -0.2) is 8.61 Å². The maximum atomic E-state index is 5.82. The van der Waals surface area contributed by atoms with Gasteiger partial charge in [-0.3, -0.25) is 0 Å². The molecule has 0 aromatic rings. The third-order valence-electron chi connectivity index (χ3n) is 4.41. The van der Waals surface area contributed by atoms with Crippen molar-refractivity contribution in [1.82, 2.24) is 8.61 Å². The molecule has 3 fully saturated rings. The van der Waals surface area contributed by atoms with Crippen LogP contribution >= 0.6 is 12.1 Å². The minimum atomic E-state index is 0.439. The highest BCUT2D eigenvalue weighted by atomic mass is 32.2. The van der Waals surface area contributed by atoms with Crippen LogP contribution in [-0.4, -0.2) is 60.2 Å². The number of hydrogen-bond donors (Lipinski definition) is 0. The molecule has 4 nitrogen and oxygen atoms in total. The van der Waals surface area contributed by atoms with Crippen LogP contribution in [0.1, 0.15) is 44.9 Å². The zero-order valence-corrected chi connectivity index (χ0v) is 13.3. The average Bonchev–Trinajstić information content (AvgIpc) is 3.13. The van der Waals surface area contributed by atoms with Crippen molar-refractivity contribution in [2.24, 2.45) is 0 Å². The summed E-state index contributed by atoms with van der Waals surface area (Å²) in [6.45, 7) is 6.48. The predicted octanol–water partition coefficient (Wildman–Crippen LogP) is 2.70. The monoisotopic (exact) mass is 300 g/mol. The van der Waals surface area contributed by atoms with Crippen LogP contribution in [0.5, 0.6) is 0 Å². The van der Waals surface area contributed by atoms with Crippen molar-refractivity contribution in [3.63, 3.8) is 0 Å². The van der Waals surface area contributed by atoms with E-state index < -0.39 is 0 Å². The fraction of sp³-hybridized carbons (Fsp3) is 1.00. The summed E-state index contributed by atoms with van der Waals surface area (Å²) in [5.41, 5.74) is 0. The first-order chi connectivity index (χ1) is 9.90. The quantitative estimate of drug-likeness (QED) is 0.702. The van der Waals surface area contributed by atoms with Crippen LogP contribution in [-0.2, 0) is 9.47 Å². The third-order valence-corrected chi connectivity index (χ3v) is 5.53. The van der Waals surface area contributed by atoms with Gasteiger partial charge in [0, 0.05) is 51.5 Å². The fourth-order valence-corrected chi connectivity index (χ4v) is 4.50. The zero-order valence-electron chi connectivity index (χ0n) is 12.5. The molecule has 2 atom stereocenters. The second kappa shape index (κ2) is 7.99. The molecule has 0 aromatic heterocycles. The molecule has 0 spiro atoms. The van der Waals surface area contributed by atoms with Gasteiger partial charge in [-0.15, -0.1) is 0 Å². The van der Waals surface area contributed by atoms with Gasteiger partial charge in [0.15, 0.2) is 0 Å². The summed E-state index contributed by atoms with van der Waals surface area (Å²) < 4.78 is 16.7. The minimum absolute atomic E-state index is 0.439. The van der Waals surface area contributed by atoms with Crippen molar-refractivity contribution in [2.45, 2.75) is 57.2 Å². The van der Waals surface area contributed by atoms with E-state index in [4.69, 9.17) is 9.47 Å². The minimum Gasteiger partial charge on any atom is -0.377 e. The number of ether oxygens (including phenoxy) is 2. The first kappa shape index (κ1) is 15.1. The summed E-state index contributed by atoms with van der Waals surface area (Å²) in [6, 6.07) is 0. The maximum Gasteiger partial charge on any atom is 0.0712 e. The molecule has 0 radical (unpaired) electrons. The standard InChI is InChI=1S/C15H28N2O2S/c1-2-8-16(9-3-1)20-17(12-14-6-4-10-18-14)13-15-7-5-11-19-15/h14-15H,1-13H2. The molecule has 3 aliphatic heterocycles. The van der Waals surface area contributed by atoms with Crippen LogP contribution in [0.3, 0.4) is 0 Å². The number of rotatable bonds is 6. The molecular weight excluding hydrogens is 272 g/mol. The van der Waals surface area contributed by atoms with Crippen LogP contribution in [0.4, 0.5) is 0 Å². The van der Waals surface area contributed by atoms with E-state index in [0.29, 0.717) is 12.2 Å². The molecule has 2 unspecified atom stereocenters. The van der Waals surface area contributed by atoms with Crippen LogP contribution in [0, 0.1) is 0 Å². The molecule has 3 saturated heterocycles. The summed E-state index contributed by atoms with van der Waals surface area (Å²) in [7, 11) is 0. The fourth-order valence-electron chi connectivity index (χ4n) is 3.28. The largest absolute Gasteiger partial charge is 0.377 e. The van der Waals surface area contributed by atoms with Crippen molar-refractivity contribution in [1.29, 1.82) is 0 Å². The van der Waals surface area contributed by atoms with Crippen LogP contribution in [0.2, 0.25) is 0 Å². The van der Waals surface area contributed by atoms with E-state index in [2.05, 4.69) is 8.61 Å². The van der Waals surface area contributed by atoms with Gasteiger partial charge < -0.3 is 9.47 Å². The first-order valence-electron chi connectivity index (χ1n) is 8.31. The van der Waals surface area contributed by atoms with Gasteiger partial charge in [-0.05, 0) is 38.5 Å². The molecule has 0 aromatic carbocycles. The van der Waals surface area contributed by atoms with Gasteiger partial charge in [0.1, 0.15) is 0 Å². The Kier molecular flexibility index (Phi) is 6.03. The van der Waals surface area contributed by atoms with Gasteiger partial charge in [0.05, 0.1) is 12.2 Å². The van der Waals surface area contributed by atoms with Crippen molar-refractivity contribution in [3.05, 3.63) is 0 Å². The molecular formula is C15H28N2O2S. The third kappa shape index (κ3) is 4.60. The zero-order chi connectivity index (χ0) is 13.6. The number of nitrogens with zero attached hydrogens (tertiary/aromatic N) is 2. The van der Waals surface area contributed by atoms with Gasteiger partial charge in [0.2, 0.25) is 0 Å². The van der Waals surface area contributed by atoms with Gasteiger partial charge in [-0.1, -0.05) is 6.42 Å². The first-order valence-corrected chi connectivity index (χ1v) is 9.04. The van der Waals surface area contributed by atoms with Crippen LogP contribution in [0.15, 0.2) is 0 Å². The van der Waals surface area contributed by atoms with Crippen molar-refractivity contribution in [2.75, 3.05) is 39.4 Å². The second-order valence-corrected chi connectivity index (χ2v) is 7.38. The molecule has 3 rings (SSSR count). The molecule has 116 valence electrons. The summed E-state index contributed by atoms with van der Waals surface area (Å²) in [5, 5.41) is 0. The smallest absolute Gasteiger partial charge is 0.0712 e. The molecule has 3 heterocycles. The highest BCUT2D eigenvalue weighted by molar-refractivity contribution is 7.94. The summed E-state index contributed by atoms with van der Waals surface area (Å²) >= 11 is 1.95. The lowest BCUT2D eigenvalue weighted by atomic mass is 10.2. The predicted molar refractivity (Wildman–Crippen MR) is 82.5 cm³/mol. The highest BCUT2D eigenvalue weighted by Crippen LogP contribution is 2.26. The van der Waals surface area contributed by atoms with Gasteiger partial charge in [0.25, 0.3) is 0 Å². The Balaban J connectivity index is 1.50. The molecule has 0 saturated carbocycles. The normalized spacial score (nSPS) is 32.2. The van der Waals surface area contributed by atoms with E-state index in [1.54, 1.807) is 0 Å². The lowest BCUT2D eigenvalue weighted by molar-refractivity contribution is 0.0668. The lowest BCUT2D eigenvalue weighted by Crippen LogP contribution is -2.37. The molecule has 5 heteroatoms. The Morgan fingerprint density at radius 1 is 0.850 bits per heavy atom. The Labute approximate surface area is 127 Å². The SMILES string of the molecule is C1CCN(SN(CC2CCCO2)CC2CCCO2)CC1. The Morgan fingerprint density at radius 3 is 1.95 bits per heavy atom. The second-order valence-electron chi connectivity index (χ2n) is 6.19. The number of piperidine rings is 1. The Morgan fingerprint density at radius 2 is 1.45 bits per heavy atom. The van der Waals surface area contributed by atoms with E-state index in [0.717, 1.165) is 26.3 Å². The van der Waals surface area contributed by atoms with Crippen molar-refractivity contribution >= 4 is 12.1 Å². The van der Waals surface area contributed by atoms with Crippen LogP contribution < -0.4 is 0 Å². The van der Waals surface area contributed by atoms with Gasteiger partial charge >= 0.3 is 0 Å².